The largest absolute Gasteiger partial charge is 0.304 e. The number of halogens is 1. The van der Waals surface area contributed by atoms with Gasteiger partial charge in [-0.25, -0.2) is 5.90 Å². The Morgan fingerprint density at radius 3 is 2.60 bits per heavy atom. The van der Waals surface area contributed by atoms with Crippen molar-refractivity contribution in [2.75, 3.05) is 19.1 Å². The van der Waals surface area contributed by atoms with Crippen LogP contribution >= 0.6 is 35.1 Å². The smallest absolute Gasteiger partial charge is 0.0719 e. The molecule has 0 atom stereocenters. The fourth-order valence-corrected chi connectivity index (χ4v) is 3.40. The van der Waals surface area contributed by atoms with Gasteiger partial charge >= 0.3 is 0 Å². The van der Waals surface area contributed by atoms with Crippen LogP contribution in [0.1, 0.15) is 5.56 Å². The molecular formula is C10H14ClNOS2. The molecule has 0 aliphatic rings. The van der Waals surface area contributed by atoms with E-state index in [1.54, 1.807) is 23.5 Å². The van der Waals surface area contributed by atoms with Gasteiger partial charge in [0, 0.05) is 9.79 Å². The zero-order chi connectivity index (χ0) is 11.3. The lowest BCUT2D eigenvalue weighted by Crippen LogP contribution is -2.03. The molecule has 2 nitrogen and oxygen atoms in total. The van der Waals surface area contributed by atoms with Gasteiger partial charge in [0.2, 0.25) is 0 Å². The number of hydrogen-bond donors (Lipinski definition) is 1. The molecule has 1 aromatic rings. The average molecular weight is 264 g/mol. The topological polar surface area (TPSA) is 35.2 Å². The van der Waals surface area contributed by atoms with Crippen molar-refractivity contribution >= 4 is 35.1 Å². The minimum absolute atomic E-state index is 0.517. The van der Waals surface area contributed by atoms with Crippen LogP contribution in [0.25, 0.3) is 0 Å². The Labute approximate surface area is 104 Å². The van der Waals surface area contributed by atoms with Gasteiger partial charge in [-0.3, -0.25) is 0 Å². The van der Waals surface area contributed by atoms with Gasteiger partial charge in [0.25, 0.3) is 0 Å². The summed E-state index contributed by atoms with van der Waals surface area (Å²) in [5.41, 5.74) is 1.16. The summed E-state index contributed by atoms with van der Waals surface area (Å²) >= 11 is 9.56. The van der Waals surface area contributed by atoms with Gasteiger partial charge < -0.3 is 4.84 Å². The molecule has 0 fully saturated rings. The molecule has 0 spiro atoms. The van der Waals surface area contributed by atoms with Crippen LogP contribution in [-0.4, -0.2) is 19.1 Å². The molecule has 0 radical (unpaired) electrons. The molecule has 0 saturated heterocycles. The number of rotatable bonds is 5. The second-order valence-electron chi connectivity index (χ2n) is 2.93. The summed E-state index contributed by atoms with van der Waals surface area (Å²) in [6.07, 6.45) is 4.87. The zero-order valence-corrected chi connectivity index (χ0v) is 11.1. The summed E-state index contributed by atoms with van der Waals surface area (Å²) in [5, 5.41) is 0.807. The summed E-state index contributed by atoms with van der Waals surface area (Å²) in [5.74, 6) is 5.00. The van der Waals surface area contributed by atoms with Crippen LogP contribution < -0.4 is 5.90 Å². The lowest BCUT2D eigenvalue weighted by atomic mass is 10.2. The van der Waals surface area contributed by atoms with Gasteiger partial charge in [-0.05, 0) is 36.6 Å². The minimum Gasteiger partial charge on any atom is -0.304 e. The Bertz CT molecular complexity index is 333. The fourth-order valence-electron chi connectivity index (χ4n) is 1.29. The highest BCUT2D eigenvalue weighted by molar-refractivity contribution is 8.01. The molecule has 1 aromatic carbocycles. The van der Waals surface area contributed by atoms with Gasteiger partial charge in [-0.1, -0.05) is 11.6 Å². The van der Waals surface area contributed by atoms with Crippen molar-refractivity contribution in [1.29, 1.82) is 0 Å². The van der Waals surface area contributed by atoms with Crippen LogP contribution in [0.2, 0.25) is 5.02 Å². The number of hydrogen-bond acceptors (Lipinski definition) is 4. The zero-order valence-electron chi connectivity index (χ0n) is 8.75. The maximum Gasteiger partial charge on any atom is 0.0719 e. The highest BCUT2D eigenvalue weighted by atomic mass is 35.5. The standard InChI is InChI=1S/C10H14ClNOS2/c1-14-9-6-7(3-4-13-12)5-8(11)10(9)15-2/h5-6H,3-4,12H2,1-2H3. The molecule has 15 heavy (non-hydrogen) atoms. The molecule has 0 bridgehead atoms. The molecule has 0 aliphatic carbocycles. The summed E-state index contributed by atoms with van der Waals surface area (Å²) in [6.45, 7) is 0.517. The maximum atomic E-state index is 6.19. The first-order valence-corrected chi connectivity index (χ1v) is 7.27. The SMILES string of the molecule is CSc1cc(CCON)cc(Cl)c1SC. The lowest BCUT2D eigenvalue weighted by Gasteiger charge is -2.10. The van der Waals surface area contributed by atoms with Gasteiger partial charge in [0.15, 0.2) is 0 Å². The third kappa shape index (κ3) is 3.57. The summed E-state index contributed by atoms with van der Waals surface area (Å²) in [7, 11) is 0. The van der Waals surface area contributed by atoms with Crippen molar-refractivity contribution in [1.82, 2.24) is 0 Å². The highest BCUT2D eigenvalue weighted by Gasteiger charge is 2.08. The lowest BCUT2D eigenvalue weighted by molar-refractivity contribution is 0.141. The van der Waals surface area contributed by atoms with Crippen molar-refractivity contribution < 1.29 is 4.84 Å². The van der Waals surface area contributed by atoms with Crippen LogP contribution in [-0.2, 0) is 11.3 Å². The van der Waals surface area contributed by atoms with Crippen LogP contribution in [0.3, 0.4) is 0 Å². The normalized spacial score (nSPS) is 10.7. The van der Waals surface area contributed by atoms with E-state index in [0.717, 1.165) is 21.9 Å². The van der Waals surface area contributed by atoms with E-state index in [1.165, 1.54) is 4.90 Å². The Morgan fingerprint density at radius 1 is 1.33 bits per heavy atom. The van der Waals surface area contributed by atoms with Crippen molar-refractivity contribution in [2.45, 2.75) is 16.2 Å². The molecule has 0 aliphatic heterocycles. The Hall–Kier alpha value is 0.130. The number of benzene rings is 1. The summed E-state index contributed by atoms with van der Waals surface area (Å²) in [6, 6.07) is 4.12. The highest BCUT2D eigenvalue weighted by Crippen LogP contribution is 2.35. The molecule has 1 rings (SSSR count). The van der Waals surface area contributed by atoms with E-state index in [2.05, 4.69) is 17.2 Å². The first-order chi connectivity index (χ1) is 7.22. The van der Waals surface area contributed by atoms with E-state index >= 15 is 0 Å². The molecule has 0 unspecified atom stereocenters. The van der Waals surface area contributed by atoms with E-state index in [1.807, 2.05) is 12.3 Å². The van der Waals surface area contributed by atoms with Crippen LogP contribution in [0.15, 0.2) is 21.9 Å². The first kappa shape index (κ1) is 13.2. The predicted octanol–water partition coefficient (Wildman–Crippen LogP) is 3.22. The molecule has 84 valence electrons. The van der Waals surface area contributed by atoms with Gasteiger partial charge in [-0.2, -0.15) is 0 Å². The number of nitrogens with two attached hydrogens (primary N) is 1. The Kier molecular flexibility index (Phi) is 5.86. The predicted molar refractivity (Wildman–Crippen MR) is 68.9 cm³/mol. The van der Waals surface area contributed by atoms with Crippen molar-refractivity contribution in [3.63, 3.8) is 0 Å². The molecule has 0 saturated carbocycles. The molecule has 0 heterocycles. The molecule has 5 heteroatoms. The van der Waals surface area contributed by atoms with E-state index in [9.17, 15) is 0 Å². The molecule has 2 N–H and O–H groups in total. The van der Waals surface area contributed by atoms with Gasteiger partial charge in [0.1, 0.15) is 0 Å². The maximum absolute atomic E-state index is 6.19. The fraction of sp³-hybridized carbons (Fsp3) is 0.400. The molecule has 0 amide bonds. The monoisotopic (exact) mass is 263 g/mol. The first-order valence-electron chi connectivity index (χ1n) is 4.45. The van der Waals surface area contributed by atoms with Crippen molar-refractivity contribution in [3.05, 3.63) is 22.7 Å². The third-order valence-electron chi connectivity index (χ3n) is 2.00. The summed E-state index contributed by atoms with van der Waals surface area (Å²) in [4.78, 5) is 6.91. The number of thioether (sulfide) groups is 2. The van der Waals surface area contributed by atoms with Crippen LogP contribution in [0, 0.1) is 0 Å². The minimum atomic E-state index is 0.517. The van der Waals surface area contributed by atoms with Gasteiger partial charge in [-0.15, -0.1) is 23.5 Å². The van der Waals surface area contributed by atoms with E-state index in [4.69, 9.17) is 17.5 Å². The van der Waals surface area contributed by atoms with E-state index in [0.29, 0.717) is 6.61 Å². The second kappa shape index (κ2) is 6.66. The van der Waals surface area contributed by atoms with E-state index in [-0.39, 0.29) is 0 Å². The quantitative estimate of drug-likeness (QED) is 0.654. The second-order valence-corrected chi connectivity index (χ2v) is 5.01. The molecular weight excluding hydrogens is 250 g/mol. The van der Waals surface area contributed by atoms with Crippen LogP contribution in [0.4, 0.5) is 0 Å². The Balaban J connectivity index is 2.97. The van der Waals surface area contributed by atoms with Gasteiger partial charge in [0.05, 0.1) is 11.6 Å². The average Bonchev–Trinajstić information content (AvgIpc) is 2.25. The molecule has 0 aromatic heterocycles. The Morgan fingerprint density at radius 2 is 2.07 bits per heavy atom. The summed E-state index contributed by atoms with van der Waals surface area (Å²) < 4.78 is 0. The third-order valence-corrected chi connectivity index (χ3v) is 4.15. The van der Waals surface area contributed by atoms with Crippen LogP contribution in [0.5, 0.6) is 0 Å². The van der Waals surface area contributed by atoms with Crippen molar-refractivity contribution in [2.24, 2.45) is 5.90 Å². The van der Waals surface area contributed by atoms with Crippen molar-refractivity contribution in [3.8, 4) is 0 Å². The van der Waals surface area contributed by atoms with E-state index < -0.39 is 0 Å².